The monoisotopic (exact) mass is 479 g/mol. The summed E-state index contributed by atoms with van der Waals surface area (Å²) in [6.45, 7) is 13.4. The smallest absolute Gasteiger partial charge is 0.0189 e. The zero-order chi connectivity index (χ0) is 23.1. The molecule has 0 bridgehead atoms. The van der Waals surface area contributed by atoms with Gasteiger partial charge in [-0.2, -0.15) is 0 Å². The molecule has 7 unspecified atom stereocenters. The molecule has 3 aliphatic carbocycles. The van der Waals surface area contributed by atoms with Crippen LogP contribution in [-0.4, -0.2) is 17.5 Å². The Morgan fingerprint density at radius 2 is 1.91 bits per heavy atom. The third-order valence-corrected chi connectivity index (χ3v) is 12.5. The van der Waals surface area contributed by atoms with Gasteiger partial charge in [0.2, 0.25) is 0 Å². The van der Waals surface area contributed by atoms with Crippen LogP contribution in [0.25, 0.3) is 0 Å². The molecule has 2 saturated carbocycles. The van der Waals surface area contributed by atoms with Gasteiger partial charge in [-0.15, -0.1) is 0 Å². The van der Waals surface area contributed by atoms with Gasteiger partial charge >= 0.3 is 0 Å². The summed E-state index contributed by atoms with van der Waals surface area (Å²) in [5, 5.41) is 0.812. The van der Waals surface area contributed by atoms with Crippen LogP contribution in [0.5, 0.6) is 0 Å². The van der Waals surface area contributed by atoms with Crippen LogP contribution < -0.4 is 5.73 Å². The van der Waals surface area contributed by atoms with E-state index in [0.717, 1.165) is 53.1 Å². The van der Waals surface area contributed by atoms with E-state index in [1.807, 2.05) is 16.4 Å². The fraction of sp³-hybridized carbons (Fsp3) is 0.931. The van der Waals surface area contributed by atoms with Gasteiger partial charge in [-0.3, -0.25) is 0 Å². The summed E-state index contributed by atoms with van der Waals surface area (Å²) < 4.78 is 0. The molecule has 3 aliphatic rings. The molecule has 2 fully saturated rings. The van der Waals surface area contributed by atoms with Crippen LogP contribution in [0.2, 0.25) is 0 Å². The summed E-state index contributed by atoms with van der Waals surface area (Å²) in [5.41, 5.74) is 8.03. The van der Waals surface area contributed by atoms with Crippen molar-refractivity contribution in [2.24, 2.45) is 46.7 Å². The lowest BCUT2D eigenvalue weighted by atomic mass is 9.54. The first-order chi connectivity index (χ1) is 15.3. The van der Waals surface area contributed by atoms with Gasteiger partial charge < -0.3 is 5.73 Å². The van der Waals surface area contributed by atoms with Crippen LogP contribution in [0.3, 0.4) is 0 Å². The number of hydrogen-bond acceptors (Lipinski definition) is 3. The van der Waals surface area contributed by atoms with E-state index in [0.29, 0.717) is 5.41 Å². The Balaban J connectivity index is 1.62. The van der Waals surface area contributed by atoms with Crippen molar-refractivity contribution in [2.75, 3.05) is 12.3 Å². The van der Waals surface area contributed by atoms with Gasteiger partial charge in [0.05, 0.1) is 0 Å². The summed E-state index contributed by atoms with van der Waals surface area (Å²) in [6.07, 6.45) is 19.9. The SMILES string of the molecule is CC(C)CCCC(C)C1CCCC2C(CC=C3CC(SSCCN)CCC32C)C(C)CC1. The Kier molecular flexibility index (Phi) is 10.9. The highest BCUT2D eigenvalue weighted by Crippen LogP contribution is 2.58. The van der Waals surface area contributed by atoms with Crippen LogP contribution in [0.1, 0.15) is 112 Å². The number of hydrogen-bond donors (Lipinski definition) is 1. The molecular formula is C29H53NS2. The molecule has 3 heteroatoms. The van der Waals surface area contributed by atoms with E-state index in [4.69, 9.17) is 5.73 Å². The number of fused-ring (bicyclic) bond motifs is 3. The molecule has 1 nitrogen and oxygen atoms in total. The highest BCUT2D eigenvalue weighted by Gasteiger charge is 2.48. The summed E-state index contributed by atoms with van der Waals surface area (Å²) in [6, 6.07) is 0. The largest absolute Gasteiger partial charge is 0.330 e. The Morgan fingerprint density at radius 3 is 2.66 bits per heavy atom. The minimum atomic E-state index is 0.482. The zero-order valence-electron chi connectivity index (χ0n) is 21.9. The molecule has 0 saturated heterocycles. The normalized spacial score (nSPS) is 37.0. The maximum atomic E-state index is 5.72. The van der Waals surface area contributed by atoms with Crippen LogP contribution in [-0.2, 0) is 0 Å². The molecule has 0 aromatic rings. The van der Waals surface area contributed by atoms with E-state index in [1.165, 1.54) is 77.0 Å². The molecule has 186 valence electrons. The highest BCUT2D eigenvalue weighted by atomic mass is 33.1. The summed E-state index contributed by atoms with van der Waals surface area (Å²) in [7, 11) is 4.13. The topological polar surface area (TPSA) is 26.0 Å². The summed E-state index contributed by atoms with van der Waals surface area (Å²) >= 11 is 0. The Morgan fingerprint density at radius 1 is 1.09 bits per heavy atom. The third-order valence-electron chi connectivity index (χ3n) is 9.60. The summed E-state index contributed by atoms with van der Waals surface area (Å²) in [5.74, 6) is 6.59. The quantitative estimate of drug-likeness (QED) is 0.203. The van der Waals surface area contributed by atoms with Crippen molar-refractivity contribution >= 4 is 21.6 Å². The number of allylic oxidation sites excluding steroid dienone is 2. The van der Waals surface area contributed by atoms with Crippen molar-refractivity contribution in [3.8, 4) is 0 Å². The van der Waals surface area contributed by atoms with Gasteiger partial charge in [-0.1, -0.05) is 106 Å². The minimum absolute atomic E-state index is 0.482. The van der Waals surface area contributed by atoms with Crippen molar-refractivity contribution in [3.05, 3.63) is 11.6 Å². The second-order valence-corrected chi connectivity index (χ2v) is 15.1. The predicted octanol–water partition coefficient (Wildman–Crippen LogP) is 9.13. The Bertz CT molecular complexity index is 588. The van der Waals surface area contributed by atoms with Crippen molar-refractivity contribution in [1.29, 1.82) is 0 Å². The van der Waals surface area contributed by atoms with E-state index in [9.17, 15) is 0 Å². The average molecular weight is 480 g/mol. The first kappa shape index (κ1) is 27.0. The van der Waals surface area contributed by atoms with E-state index in [2.05, 4.69) is 51.5 Å². The van der Waals surface area contributed by atoms with Gasteiger partial charge in [0.25, 0.3) is 0 Å². The van der Waals surface area contributed by atoms with Crippen LogP contribution in [0, 0.1) is 40.9 Å². The number of nitrogens with two attached hydrogens (primary N) is 1. The van der Waals surface area contributed by atoms with Gasteiger partial charge in [0.1, 0.15) is 0 Å². The first-order valence-electron chi connectivity index (χ1n) is 14.0. The second-order valence-electron chi connectivity index (χ2n) is 12.3. The lowest BCUT2D eigenvalue weighted by Crippen LogP contribution is -2.43. The van der Waals surface area contributed by atoms with Crippen LogP contribution >= 0.6 is 21.6 Å². The fourth-order valence-corrected chi connectivity index (χ4v) is 9.88. The van der Waals surface area contributed by atoms with Gasteiger partial charge in [-0.25, -0.2) is 0 Å². The van der Waals surface area contributed by atoms with Crippen LogP contribution in [0.15, 0.2) is 11.6 Å². The highest BCUT2D eigenvalue weighted by molar-refractivity contribution is 8.76. The molecule has 0 radical (unpaired) electrons. The Labute approximate surface area is 208 Å². The molecule has 0 amide bonds. The maximum absolute atomic E-state index is 5.72. The summed E-state index contributed by atoms with van der Waals surface area (Å²) in [4.78, 5) is 0. The van der Waals surface area contributed by atoms with Crippen molar-refractivity contribution in [1.82, 2.24) is 0 Å². The molecular weight excluding hydrogens is 426 g/mol. The van der Waals surface area contributed by atoms with Gasteiger partial charge in [-0.05, 0) is 79.4 Å². The number of rotatable bonds is 9. The fourth-order valence-electron chi connectivity index (χ4n) is 7.38. The molecule has 32 heavy (non-hydrogen) atoms. The Hall–Kier alpha value is 0.400. The lowest BCUT2D eigenvalue weighted by Gasteiger charge is -2.52. The molecule has 0 aliphatic heterocycles. The molecule has 0 aromatic carbocycles. The van der Waals surface area contributed by atoms with E-state index in [-0.39, 0.29) is 0 Å². The van der Waals surface area contributed by atoms with Crippen molar-refractivity contribution in [3.63, 3.8) is 0 Å². The first-order valence-corrected chi connectivity index (χ1v) is 16.4. The lowest BCUT2D eigenvalue weighted by molar-refractivity contribution is 0.0689. The average Bonchev–Trinajstić information content (AvgIpc) is 2.83. The van der Waals surface area contributed by atoms with E-state index < -0.39 is 0 Å². The molecule has 3 rings (SSSR count). The zero-order valence-corrected chi connectivity index (χ0v) is 23.5. The minimum Gasteiger partial charge on any atom is -0.330 e. The molecule has 0 aromatic heterocycles. The van der Waals surface area contributed by atoms with Crippen molar-refractivity contribution in [2.45, 2.75) is 117 Å². The van der Waals surface area contributed by atoms with Gasteiger partial charge in [0.15, 0.2) is 0 Å². The molecule has 0 heterocycles. The van der Waals surface area contributed by atoms with Crippen LogP contribution in [0.4, 0.5) is 0 Å². The molecule has 0 spiro atoms. The predicted molar refractivity (Wildman–Crippen MR) is 148 cm³/mol. The standard InChI is InChI=1S/C29H53NS2/c1-21(2)8-6-9-22(3)24-10-7-11-28-27(23(4)12-13-24)15-14-25-20-26(32-31-19-18-30)16-17-29(25,28)5/h14,21-24,26-28H,6-13,15-20,30H2,1-5H3. The van der Waals surface area contributed by atoms with Gasteiger partial charge in [0, 0.05) is 17.5 Å². The maximum Gasteiger partial charge on any atom is 0.0189 e. The van der Waals surface area contributed by atoms with E-state index >= 15 is 0 Å². The molecule has 2 N–H and O–H groups in total. The van der Waals surface area contributed by atoms with E-state index in [1.54, 1.807) is 0 Å². The second kappa shape index (κ2) is 12.9. The molecule has 7 atom stereocenters. The third kappa shape index (κ3) is 6.97. The van der Waals surface area contributed by atoms with Crippen molar-refractivity contribution < 1.29 is 0 Å².